The van der Waals surface area contributed by atoms with E-state index >= 15 is 0 Å². The molecular formula is C31H30Cl2IN3O3. The third-order valence-electron chi connectivity index (χ3n) is 8.56. The summed E-state index contributed by atoms with van der Waals surface area (Å²) in [6, 6.07) is 18.3. The molecule has 6 rings (SSSR count). The van der Waals surface area contributed by atoms with Crippen molar-refractivity contribution in [2.75, 3.05) is 25.0 Å². The molecule has 1 unspecified atom stereocenters. The summed E-state index contributed by atoms with van der Waals surface area (Å²) < 4.78 is 7.66. The molecule has 208 valence electrons. The van der Waals surface area contributed by atoms with Crippen LogP contribution < -0.4 is 15.4 Å². The zero-order valence-corrected chi connectivity index (χ0v) is 25.7. The lowest BCUT2D eigenvalue weighted by Crippen LogP contribution is -2.57. The third-order valence-corrected chi connectivity index (χ3v) is 9.70. The van der Waals surface area contributed by atoms with Gasteiger partial charge in [0.1, 0.15) is 17.3 Å². The minimum atomic E-state index is -1.15. The molecule has 0 aromatic heterocycles. The van der Waals surface area contributed by atoms with Gasteiger partial charge in [0.25, 0.3) is 0 Å². The van der Waals surface area contributed by atoms with E-state index in [1.54, 1.807) is 18.2 Å². The summed E-state index contributed by atoms with van der Waals surface area (Å²) in [5.41, 5.74) is 1.95. The van der Waals surface area contributed by atoms with Gasteiger partial charge in [-0.25, -0.2) is 0 Å². The number of benzene rings is 3. The van der Waals surface area contributed by atoms with Crippen molar-refractivity contribution in [3.63, 3.8) is 0 Å². The maximum Gasteiger partial charge on any atom is 0.238 e. The number of carbonyl (C=O) groups excluding carboxylic acids is 2. The van der Waals surface area contributed by atoms with Crippen LogP contribution in [0.1, 0.15) is 54.8 Å². The second-order valence-corrected chi connectivity index (χ2v) is 12.9. The van der Waals surface area contributed by atoms with Crippen molar-refractivity contribution in [1.82, 2.24) is 10.2 Å². The van der Waals surface area contributed by atoms with Gasteiger partial charge in [-0.2, -0.15) is 0 Å². The molecule has 0 aliphatic carbocycles. The number of ether oxygens (including phenoxy) is 1. The van der Waals surface area contributed by atoms with E-state index < -0.39 is 17.4 Å². The van der Waals surface area contributed by atoms with Crippen LogP contribution in [-0.2, 0) is 15.0 Å². The van der Waals surface area contributed by atoms with Crippen molar-refractivity contribution in [2.24, 2.45) is 0 Å². The van der Waals surface area contributed by atoms with Crippen molar-refractivity contribution < 1.29 is 14.3 Å². The number of hydrogen-bond acceptors (Lipinski definition) is 4. The number of rotatable bonds is 5. The summed E-state index contributed by atoms with van der Waals surface area (Å²) >= 11 is 15.1. The Morgan fingerprint density at radius 2 is 1.80 bits per heavy atom. The fourth-order valence-corrected chi connectivity index (χ4v) is 7.53. The third kappa shape index (κ3) is 4.89. The summed E-state index contributed by atoms with van der Waals surface area (Å²) in [6.07, 6.45) is 2.05. The quantitative estimate of drug-likeness (QED) is 0.293. The predicted molar refractivity (Wildman–Crippen MR) is 166 cm³/mol. The van der Waals surface area contributed by atoms with Gasteiger partial charge in [-0.3, -0.25) is 9.59 Å². The number of nitrogens with one attached hydrogen (secondary N) is 2. The van der Waals surface area contributed by atoms with Gasteiger partial charge >= 0.3 is 0 Å². The summed E-state index contributed by atoms with van der Waals surface area (Å²) in [4.78, 5) is 30.2. The Hall–Kier alpha value is -2.33. The molecule has 0 saturated carbocycles. The van der Waals surface area contributed by atoms with Gasteiger partial charge in [-0.1, -0.05) is 48.3 Å². The van der Waals surface area contributed by atoms with Crippen LogP contribution in [0.15, 0.2) is 60.7 Å². The number of carbonyl (C=O) groups is 2. The lowest BCUT2D eigenvalue weighted by Gasteiger charge is -2.47. The Morgan fingerprint density at radius 3 is 2.55 bits per heavy atom. The van der Waals surface area contributed by atoms with Crippen molar-refractivity contribution in [1.29, 1.82) is 0 Å². The van der Waals surface area contributed by atoms with Gasteiger partial charge in [-0.05, 0) is 95.6 Å². The lowest BCUT2D eigenvalue weighted by molar-refractivity contribution is -0.131. The van der Waals surface area contributed by atoms with Crippen molar-refractivity contribution in [3.8, 4) is 5.75 Å². The molecule has 2 amide bonds. The van der Waals surface area contributed by atoms with Gasteiger partial charge in [0.15, 0.2) is 0 Å². The number of halogens is 3. The number of likely N-dealkylation sites (tertiary alicyclic amines) is 1. The number of nitrogens with zero attached hydrogens (tertiary/aromatic N) is 1. The topological polar surface area (TPSA) is 70.7 Å². The standard InChI is InChI=1S/C31H30Cl2IN3O3/c1-2-37-12-10-22(11-13-37)40-27-9-7-21(34)16-23(27)29-31(24-8-6-20(33)15-26(24)35-30(31)39)25(17-28(38)36-29)18-4-3-5-19(32)14-18/h3-9,14-16,22,25,29H,2,10-13,17H2,1H3,(H,35,39)(H,36,38)/t25-,29+,31?/m0/s1. The molecule has 2 fully saturated rings. The molecule has 3 aromatic carbocycles. The first kappa shape index (κ1) is 27.8. The fraction of sp³-hybridized carbons (Fsp3) is 0.355. The molecule has 1 spiro atoms. The predicted octanol–water partition coefficient (Wildman–Crippen LogP) is 6.70. The fourth-order valence-electron chi connectivity index (χ4n) is 6.64. The second-order valence-electron chi connectivity index (χ2n) is 10.8. The molecule has 0 radical (unpaired) electrons. The van der Waals surface area contributed by atoms with Gasteiger partial charge < -0.3 is 20.3 Å². The average Bonchev–Trinajstić information content (AvgIpc) is 3.22. The largest absolute Gasteiger partial charge is 0.490 e. The highest BCUT2D eigenvalue weighted by atomic mass is 127. The van der Waals surface area contributed by atoms with E-state index in [2.05, 4.69) is 45.0 Å². The van der Waals surface area contributed by atoms with E-state index in [9.17, 15) is 9.59 Å². The zero-order chi connectivity index (χ0) is 28.0. The molecule has 3 atom stereocenters. The molecule has 3 aromatic rings. The van der Waals surface area contributed by atoms with Crippen LogP contribution in [0.3, 0.4) is 0 Å². The van der Waals surface area contributed by atoms with Gasteiger partial charge in [0.2, 0.25) is 11.8 Å². The number of fused-ring (bicyclic) bond motifs is 2. The summed E-state index contributed by atoms with van der Waals surface area (Å²) in [7, 11) is 0. The molecule has 3 heterocycles. The van der Waals surface area contributed by atoms with Crippen LogP contribution in [0.25, 0.3) is 0 Å². The zero-order valence-electron chi connectivity index (χ0n) is 22.1. The molecule has 3 aliphatic rings. The number of amides is 2. The Kier molecular flexibility index (Phi) is 7.76. The van der Waals surface area contributed by atoms with Crippen LogP contribution in [-0.4, -0.2) is 42.5 Å². The highest BCUT2D eigenvalue weighted by Crippen LogP contribution is 2.58. The van der Waals surface area contributed by atoms with Crippen LogP contribution in [0.5, 0.6) is 5.75 Å². The summed E-state index contributed by atoms with van der Waals surface area (Å²) in [5, 5.41) is 7.42. The monoisotopic (exact) mass is 689 g/mol. The van der Waals surface area contributed by atoms with Crippen molar-refractivity contribution >= 4 is 63.3 Å². The van der Waals surface area contributed by atoms with E-state index in [4.69, 9.17) is 27.9 Å². The summed E-state index contributed by atoms with van der Waals surface area (Å²) in [6.45, 7) is 5.18. The molecule has 9 heteroatoms. The minimum absolute atomic E-state index is 0.0593. The highest BCUT2D eigenvalue weighted by molar-refractivity contribution is 14.1. The van der Waals surface area contributed by atoms with Crippen LogP contribution in [0.2, 0.25) is 10.0 Å². The number of hydrogen-bond donors (Lipinski definition) is 2. The Morgan fingerprint density at radius 1 is 1.02 bits per heavy atom. The van der Waals surface area contributed by atoms with Gasteiger partial charge in [0.05, 0.1) is 6.04 Å². The number of anilines is 1. The maximum absolute atomic E-state index is 14.3. The minimum Gasteiger partial charge on any atom is -0.490 e. The van der Waals surface area contributed by atoms with Crippen molar-refractivity contribution in [3.05, 3.63) is 91.0 Å². The van der Waals surface area contributed by atoms with Crippen LogP contribution in [0, 0.1) is 3.57 Å². The molecule has 40 heavy (non-hydrogen) atoms. The molecule has 6 nitrogen and oxygen atoms in total. The average molecular weight is 690 g/mol. The first-order chi connectivity index (χ1) is 19.3. The SMILES string of the molecule is CCN1CCC(Oc2ccc(I)cc2[C@H]2NC(=O)C[C@@H](c3cccc(Cl)c3)C23C(=O)Nc2cc(Cl)ccc23)CC1. The van der Waals surface area contributed by atoms with E-state index in [-0.39, 0.29) is 24.3 Å². The molecule has 3 aliphatic heterocycles. The molecular weight excluding hydrogens is 660 g/mol. The second kappa shape index (κ2) is 11.2. The smallest absolute Gasteiger partial charge is 0.238 e. The summed E-state index contributed by atoms with van der Waals surface area (Å²) in [5.74, 6) is -0.0782. The van der Waals surface area contributed by atoms with Gasteiger partial charge in [0, 0.05) is 50.3 Å². The van der Waals surface area contributed by atoms with E-state index in [0.717, 1.165) is 52.7 Å². The highest BCUT2D eigenvalue weighted by Gasteiger charge is 2.61. The Labute approximate surface area is 257 Å². The van der Waals surface area contributed by atoms with Crippen molar-refractivity contribution in [2.45, 2.75) is 49.7 Å². The Balaban J connectivity index is 1.52. The van der Waals surface area contributed by atoms with E-state index in [0.29, 0.717) is 21.5 Å². The van der Waals surface area contributed by atoms with Gasteiger partial charge in [-0.15, -0.1) is 0 Å². The normalized spacial score (nSPS) is 25.0. The Bertz CT molecular complexity index is 1480. The van der Waals surface area contributed by atoms with E-state index in [1.165, 1.54) is 0 Å². The number of piperidine rings is 2. The lowest BCUT2D eigenvalue weighted by atomic mass is 9.59. The van der Waals surface area contributed by atoms with Crippen LogP contribution in [0.4, 0.5) is 5.69 Å². The first-order valence-corrected chi connectivity index (χ1v) is 15.5. The maximum atomic E-state index is 14.3. The molecule has 0 bridgehead atoms. The van der Waals surface area contributed by atoms with E-state index in [1.807, 2.05) is 42.5 Å². The van der Waals surface area contributed by atoms with Crippen LogP contribution >= 0.6 is 45.8 Å². The first-order valence-electron chi connectivity index (χ1n) is 13.6. The molecule has 2 saturated heterocycles. The molecule has 2 N–H and O–H groups in total.